The molecule has 2 aromatic heterocycles. The molecule has 0 spiro atoms. The van der Waals surface area contributed by atoms with Crippen LogP contribution in [0.5, 0.6) is 0 Å². The van der Waals surface area contributed by atoms with Crippen LogP contribution in [-0.4, -0.2) is 17.8 Å². The van der Waals surface area contributed by atoms with Crippen molar-refractivity contribution in [1.82, 2.24) is 0 Å². The number of nitrogens with one attached hydrogen (secondary N) is 1. The number of ketones is 2. The van der Waals surface area contributed by atoms with E-state index < -0.39 is 0 Å². The molecular formula is C25H16N4O2S3. The summed E-state index contributed by atoms with van der Waals surface area (Å²) in [5, 5.41) is 23.0. The molecule has 0 radical (unpaired) electrons. The molecule has 0 saturated heterocycles. The first-order valence-corrected chi connectivity index (χ1v) is 12.8. The predicted octanol–water partition coefficient (Wildman–Crippen LogP) is 6.06. The molecule has 0 unspecified atom stereocenters. The first kappa shape index (κ1) is 23.3. The van der Waals surface area contributed by atoms with E-state index in [4.69, 9.17) is 5.73 Å². The first-order chi connectivity index (χ1) is 16.5. The van der Waals surface area contributed by atoms with Crippen molar-refractivity contribution in [3.8, 4) is 12.1 Å². The van der Waals surface area contributed by atoms with Gasteiger partial charge in [0.05, 0.1) is 15.6 Å². The number of hydrogen-bond acceptors (Lipinski definition) is 9. The Morgan fingerprint density at radius 2 is 1.38 bits per heavy atom. The lowest BCUT2D eigenvalue weighted by molar-refractivity contribution is 0.103. The van der Waals surface area contributed by atoms with Gasteiger partial charge in [-0.2, -0.15) is 10.5 Å². The minimum Gasteiger partial charge on any atom is -0.396 e. The second-order valence-corrected chi connectivity index (χ2v) is 10.1. The van der Waals surface area contributed by atoms with Crippen molar-refractivity contribution < 1.29 is 9.59 Å². The van der Waals surface area contributed by atoms with Crippen LogP contribution >= 0.6 is 34.4 Å². The number of nitrogens with two attached hydrogens (primary N) is 1. The number of nitriles is 2. The maximum absolute atomic E-state index is 13.3. The van der Waals surface area contributed by atoms with Crippen molar-refractivity contribution in [2.45, 2.75) is 4.21 Å². The predicted molar refractivity (Wildman–Crippen MR) is 137 cm³/mol. The van der Waals surface area contributed by atoms with Gasteiger partial charge in [-0.15, -0.1) is 34.4 Å². The third-order valence-corrected chi connectivity index (χ3v) is 8.38. The monoisotopic (exact) mass is 500 g/mol. The quantitative estimate of drug-likeness (QED) is 0.234. The molecule has 4 rings (SSSR count). The van der Waals surface area contributed by atoms with Gasteiger partial charge in [0.25, 0.3) is 0 Å². The van der Waals surface area contributed by atoms with E-state index in [-0.39, 0.29) is 27.7 Å². The highest BCUT2D eigenvalue weighted by atomic mass is 32.2. The Balaban J connectivity index is 1.82. The summed E-state index contributed by atoms with van der Waals surface area (Å²) in [7, 11) is 0. The lowest BCUT2D eigenvalue weighted by atomic mass is 10.1. The van der Waals surface area contributed by atoms with E-state index in [1.54, 1.807) is 54.6 Å². The van der Waals surface area contributed by atoms with Crippen LogP contribution in [0, 0.1) is 22.7 Å². The zero-order valence-corrected chi connectivity index (χ0v) is 20.2. The number of nitrogen functional groups attached to an aromatic ring is 1. The smallest absolute Gasteiger partial charge is 0.205 e. The highest BCUT2D eigenvalue weighted by Crippen LogP contribution is 2.44. The summed E-state index contributed by atoms with van der Waals surface area (Å²) in [6.45, 7) is 0. The van der Waals surface area contributed by atoms with Crippen LogP contribution < -0.4 is 11.1 Å². The standard InChI is InChI=1S/C25H16N4O2S3/c1-32-25-17(13-27)19(23(34-25)21(31)15-10-6-3-7-11-15)29-24-16(12-26)18(28)22(33-24)20(30)14-8-4-2-5-9-14/h2-11,29H,28H2,1H3. The molecule has 9 heteroatoms. The van der Waals surface area contributed by atoms with Crippen molar-refractivity contribution >= 4 is 62.4 Å². The van der Waals surface area contributed by atoms with Gasteiger partial charge >= 0.3 is 0 Å². The number of carbonyl (C=O) groups is 2. The maximum atomic E-state index is 13.3. The van der Waals surface area contributed by atoms with E-state index in [1.165, 1.54) is 23.1 Å². The van der Waals surface area contributed by atoms with E-state index in [1.807, 2.05) is 12.3 Å². The maximum Gasteiger partial charge on any atom is 0.205 e. The summed E-state index contributed by atoms with van der Waals surface area (Å²) < 4.78 is 0.674. The highest BCUT2D eigenvalue weighted by Gasteiger charge is 2.27. The Morgan fingerprint density at radius 3 is 1.88 bits per heavy atom. The summed E-state index contributed by atoms with van der Waals surface area (Å²) in [4.78, 5) is 26.9. The number of thiophene rings is 2. The summed E-state index contributed by atoms with van der Waals surface area (Å²) in [5.41, 5.74) is 7.91. The summed E-state index contributed by atoms with van der Waals surface area (Å²) in [6.07, 6.45) is 1.83. The molecule has 3 N–H and O–H groups in total. The first-order valence-electron chi connectivity index (χ1n) is 9.89. The van der Waals surface area contributed by atoms with Crippen molar-refractivity contribution in [1.29, 1.82) is 10.5 Å². The number of benzene rings is 2. The molecule has 2 aromatic carbocycles. The number of anilines is 3. The Labute approximate surface area is 208 Å². The Bertz CT molecular complexity index is 1480. The van der Waals surface area contributed by atoms with E-state index in [0.717, 1.165) is 11.3 Å². The van der Waals surface area contributed by atoms with Gasteiger partial charge in [0, 0.05) is 11.1 Å². The van der Waals surface area contributed by atoms with E-state index in [2.05, 4.69) is 17.5 Å². The van der Waals surface area contributed by atoms with E-state index in [0.29, 0.717) is 36.5 Å². The SMILES string of the molecule is CSc1sc(C(=O)c2ccccc2)c(Nc2sc(C(=O)c3ccccc3)c(N)c2C#N)c1C#N. The van der Waals surface area contributed by atoms with Gasteiger partial charge < -0.3 is 11.1 Å². The van der Waals surface area contributed by atoms with Crippen LogP contribution in [0.3, 0.4) is 0 Å². The fraction of sp³-hybridized carbons (Fsp3) is 0.0400. The number of thioether (sulfide) groups is 1. The van der Waals surface area contributed by atoms with Crippen LogP contribution in [0.2, 0.25) is 0 Å². The second kappa shape index (κ2) is 9.94. The fourth-order valence-corrected chi connectivity index (χ4v) is 6.17. The molecule has 166 valence electrons. The largest absolute Gasteiger partial charge is 0.396 e. The van der Waals surface area contributed by atoms with Gasteiger partial charge in [-0.25, -0.2) is 0 Å². The molecule has 6 nitrogen and oxygen atoms in total. The van der Waals surface area contributed by atoms with Crippen molar-refractivity contribution in [3.05, 3.63) is 92.7 Å². The molecule has 34 heavy (non-hydrogen) atoms. The Hall–Kier alpha value is -3.89. The Morgan fingerprint density at radius 1 is 0.853 bits per heavy atom. The van der Waals surface area contributed by atoms with Crippen LogP contribution in [-0.2, 0) is 0 Å². The molecule has 0 amide bonds. The zero-order chi connectivity index (χ0) is 24.2. The lowest BCUT2D eigenvalue weighted by Crippen LogP contribution is -2.03. The molecule has 0 saturated carbocycles. The molecule has 0 aliphatic rings. The Kier molecular flexibility index (Phi) is 6.80. The second-order valence-electron chi connectivity index (χ2n) is 6.96. The van der Waals surface area contributed by atoms with Crippen LogP contribution in [0.1, 0.15) is 41.6 Å². The summed E-state index contributed by atoms with van der Waals surface area (Å²) >= 11 is 3.60. The van der Waals surface area contributed by atoms with Crippen LogP contribution in [0.25, 0.3) is 0 Å². The third-order valence-electron chi connectivity index (χ3n) is 4.95. The van der Waals surface area contributed by atoms with Gasteiger partial charge in [0.1, 0.15) is 38.0 Å². The van der Waals surface area contributed by atoms with Gasteiger partial charge in [-0.3, -0.25) is 9.59 Å². The zero-order valence-electron chi connectivity index (χ0n) is 17.8. The van der Waals surface area contributed by atoms with Crippen molar-refractivity contribution in [2.24, 2.45) is 0 Å². The molecule has 0 aliphatic carbocycles. The van der Waals surface area contributed by atoms with Gasteiger partial charge in [-0.05, 0) is 6.26 Å². The van der Waals surface area contributed by atoms with Gasteiger partial charge in [0.2, 0.25) is 11.6 Å². The third kappa shape index (κ3) is 4.20. The minimum absolute atomic E-state index is 0.0682. The number of carbonyl (C=O) groups excluding carboxylic acids is 2. The summed E-state index contributed by atoms with van der Waals surface area (Å²) in [6, 6.07) is 21.6. The topological polar surface area (TPSA) is 120 Å². The van der Waals surface area contributed by atoms with Gasteiger partial charge in [-0.1, -0.05) is 60.7 Å². The number of rotatable bonds is 7. The molecule has 0 bridgehead atoms. The van der Waals surface area contributed by atoms with Crippen molar-refractivity contribution in [2.75, 3.05) is 17.3 Å². The summed E-state index contributed by atoms with van der Waals surface area (Å²) in [5.74, 6) is -0.544. The molecular weight excluding hydrogens is 485 g/mol. The van der Waals surface area contributed by atoms with Gasteiger partial charge in [0.15, 0.2) is 0 Å². The van der Waals surface area contributed by atoms with E-state index in [9.17, 15) is 20.1 Å². The fourth-order valence-electron chi connectivity index (χ4n) is 3.30. The molecule has 0 atom stereocenters. The highest BCUT2D eigenvalue weighted by molar-refractivity contribution is 8.00. The van der Waals surface area contributed by atoms with Crippen molar-refractivity contribution in [3.63, 3.8) is 0 Å². The number of nitrogens with zero attached hydrogens (tertiary/aromatic N) is 2. The minimum atomic E-state index is -0.302. The van der Waals surface area contributed by atoms with E-state index >= 15 is 0 Å². The average Bonchev–Trinajstić information content (AvgIpc) is 3.40. The lowest BCUT2D eigenvalue weighted by Gasteiger charge is -2.07. The molecule has 0 fully saturated rings. The molecule has 0 aliphatic heterocycles. The molecule has 4 aromatic rings. The number of hydrogen-bond donors (Lipinski definition) is 2. The van der Waals surface area contributed by atoms with Crippen LogP contribution in [0.4, 0.5) is 16.4 Å². The van der Waals surface area contributed by atoms with Crippen LogP contribution in [0.15, 0.2) is 64.9 Å². The molecule has 2 heterocycles. The normalized spacial score (nSPS) is 10.3. The average molecular weight is 501 g/mol.